The molecule has 2 saturated heterocycles. The van der Waals surface area contributed by atoms with Crippen LogP contribution in [0, 0.1) is 33.1 Å². The average molecular weight is 1140 g/mol. The van der Waals surface area contributed by atoms with Crippen molar-refractivity contribution >= 4 is 99.0 Å². The van der Waals surface area contributed by atoms with Crippen LogP contribution in [0.1, 0.15) is 90.2 Å². The van der Waals surface area contributed by atoms with Crippen LogP contribution in [0.4, 0.5) is 0 Å². The maximum Gasteiger partial charge on any atom is 0.247 e. The number of aryl methyl sites for hydroxylation is 3. The third kappa shape index (κ3) is 12.8. The number of amides is 8. The number of halogens is 1. The number of thiazole rings is 1. The van der Waals surface area contributed by atoms with E-state index in [1.807, 2.05) is 37.5 Å². The minimum atomic E-state index is -1.58. The van der Waals surface area contributed by atoms with Crippen LogP contribution in [0.25, 0.3) is 15.4 Å². The highest BCUT2D eigenvalue weighted by Crippen LogP contribution is 2.40. The van der Waals surface area contributed by atoms with Crippen molar-refractivity contribution < 1.29 is 43.5 Å². The van der Waals surface area contributed by atoms with E-state index < -0.39 is 108 Å². The van der Waals surface area contributed by atoms with Gasteiger partial charge in [0.25, 0.3) is 0 Å². The number of primary amides is 1. The van der Waals surface area contributed by atoms with E-state index in [1.54, 1.807) is 69.6 Å². The molecule has 0 aliphatic carbocycles. The molecule has 0 radical (unpaired) electrons. The van der Waals surface area contributed by atoms with E-state index in [1.165, 1.54) is 27.6 Å². The lowest BCUT2D eigenvalue weighted by Gasteiger charge is -2.35. The van der Waals surface area contributed by atoms with Gasteiger partial charge in [-0.2, -0.15) is 0 Å². The van der Waals surface area contributed by atoms with E-state index in [0.29, 0.717) is 27.9 Å². The molecule has 0 spiro atoms. The van der Waals surface area contributed by atoms with Gasteiger partial charge in [0.05, 0.1) is 46.6 Å². The molecule has 412 valence electrons. The Kier molecular flexibility index (Phi) is 17.5. The summed E-state index contributed by atoms with van der Waals surface area (Å²) in [6.45, 7) is 11.3. The van der Waals surface area contributed by atoms with Crippen LogP contribution in [0.3, 0.4) is 0 Å². The summed E-state index contributed by atoms with van der Waals surface area (Å²) >= 11 is 10.2. The van der Waals surface area contributed by atoms with Crippen LogP contribution in [-0.2, 0) is 38.4 Å². The topological polar surface area (TPSA) is 314 Å². The molecule has 78 heavy (non-hydrogen) atoms. The fourth-order valence-corrected chi connectivity index (χ4v) is 12.3. The first-order chi connectivity index (χ1) is 37.0. The number of fused-ring (bicyclic) bond motifs is 4. The fraction of sp³-hybridized carbons (Fsp3) is 0.423. The predicted octanol–water partition coefficient (Wildman–Crippen LogP) is 2.41. The summed E-state index contributed by atoms with van der Waals surface area (Å²) < 4.78 is 1.87. The third-order valence-corrected chi connectivity index (χ3v) is 17.0. The number of hydrogen-bond acceptors (Lipinski definition) is 16. The number of aliphatic imine (C=N–C) groups is 1. The van der Waals surface area contributed by atoms with Gasteiger partial charge < -0.3 is 47.6 Å². The van der Waals surface area contributed by atoms with Gasteiger partial charge in [0.15, 0.2) is 5.82 Å². The molecule has 8 amide bonds. The van der Waals surface area contributed by atoms with E-state index >= 15 is 0 Å². The van der Waals surface area contributed by atoms with E-state index in [0.717, 1.165) is 54.5 Å². The molecule has 0 bridgehead atoms. The Morgan fingerprint density at radius 1 is 0.885 bits per heavy atom. The number of nitrogens with one attached hydrogen (secondary N) is 6. The van der Waals surface area contributed by atoms with Crippen LogP contribution in [-0.4, -0.2) is 144 Å². The van der Waals surface area contributed by atoms with Crippen molar-refractivity contribution in [3.8, 4) is 15.4 Å². The van der Waals surface area contributed by atoms with Crippen molar-refractivity contribution in [2.45, 2.75) is 104 Å². The molecule has 6 heterocycles. The van der Waals surface area contributed by atoms with Crippen molar-refractivity contribution in [2.24, 2.45) is 16.1 Å². The van der Waals surface area contributed by atoms with Crippen molar-refractivity contribution in [3.05, 3.63) is 104 Å². The maximum absolute atomic E-state index is 14.4. The van der Waals surface area contributed by atoms with Crippen LogP contribution in [0.15, 0.2) is 59.0 Å². The van der Waals surface area contributed by atoms with Crippen LogP contribution in [0.2, 0.25) is 5.02 Å². The molecule has 0 saturated carbocycles. The minimum absolute atomic E-state index is 0.180. The number of aromatic nitrogens is 4. The summed E-state index contributed by atoms with van der Waals surface area (Å²) in [4.78, 5) is 124. The number of nitrogens with zero attached hydrogens (tertiary/aromatic N) is 6. The highest BCUT2D eigenvalue weighted by Gasteiger charge is 2.45. The summed E-state index contributed by atoms with van der Waals surface area (Å²) in [6.07, 6.45) is -1.59. The lowest BCUT2D eigenvalue weighted by Crippen LogP contribution is -2.58. The predicted molar refractivity (Wildman–Crippen MR) is 295 cm³/mol. The summed E-state index contributed by atoms with van der Waals surface area (Å²) in [5.74, 6) is -5.92. The van der Waals surface area contributed by atoms with Gasteiger partial charge in [-0.25, -0.2) is 4.98 Å². The summed E-state index contributed by atoms with van der Waals surface area (Å²) in [5.41, 5.74) is 11.6. The number of rotatable bonds is 8. The Morgan fingerprint density at radius 2 is 1.59 bits per heavy atom. The number of hydrogen-bond donors (Lipinski definition) is 8. The molecular weight excluding hydrogens is 1080 g/mol. The fourth-order valence-electron chi connectivity index (χ4n) is 9.32. The second-order valence-corrected chi connectivity index (χ2v) is 23.8. The maximum atomic E-state index is 14.4. The average Bonchev–Trinajstić information content (AvgIpc) is 4.24. The molecule has 8 rings (SSSR count). The van der Waals surface area contributed by atoms with E-state index in [2.05, 4.69) is 47.1 Å². The lowest BCUT2D eigenvalue weighted by molar-refractivity contribution is -0.144. The number of thiophene rings is 1. The molecule has 9 N–H and O–H groups in total. The molecule has 3 aliphatic heterocycles. The van der Waals surface area contributed by atoms with Crippen LogP contribution < -0.4 is 37.6 Å². The molecule has 2 fully saturated rings. The molecule has 0 unspecified atom stereocenters. The zero-order valence-electron chi connectivity index (χ0n) is 43.8. The van der Waals surface area contributed by atoms with Gasteiger partial charge in [-0.1, -0.05) is 68.8 Å². The quantitative estimate of drug-likeness (QED) is 0.111. The van der Waals surface area contributed by atoms with Crippen molar-refractivity contribution in [1.82, 2.24) is 56.5 Å². The molecule has 7 atom stereocenters. The summed E-state index contributed by atoms with van der Waals surface area (Å²) in [7, 11) is 0. The zero-order valence-corrected chi connectivity index (χ0v) is 47.0. The number of benzene rings is 2. The second-order valence-electron chi connectivity index (χ2n) is 20.3. The Morgan fingerprint density at radius 3 is 2.26 bits per heavy atom. The van der Waals surface area contributed by atoms with Crippen LogP contribution in [0.5, 0.6) is 0 Å². The molecule has 2 aromatic carbocycles. The van der Waals surface area contributed by atoms with Gasteiger partial charge in [-0.15, -0.1) is 44.6 Å². The van der Waals surface area contributed by atoms with Gasteiger partial charge in [-0.05, 0) is 61.9 Å². The number of nitrogens with two attached hydrogens (primary N) is 1. The largest absolute Gasteiger partial charge is 0.391 e. The first-order valence-corrected chi connectivity index (χ1v) is 28.2. The second kappa shape index (κ2) is 23.9. The zero-order chi connectivity index (χ0) is 56.3. The Hall–Kier alpha value is -7.06. The molecule has 22 nitrogen and oxygen atoms in total. The van der Waals surface area contributed by atoms with Crippen LogP contribution >= 0.6 is 46.0 Å². The third-order valence-electron chi connectivity index (χ3n) is 13.6. The molecule has 5 aromatic rings. The SMILES string of the molecule is Cc1ncsc1-c1ccc([C@H]2NC(=O)[C@@H]3C[C@@H](O)CN3C(=O)[C@H](C(C)(C)C)NC(=O)CSC[C@H](C(N)=O)NC(=O)[C@H](CNC(=O)C[C@@H]3N=C(c4ccc(Cl)cc4)c4c(sc(C)c4C)-n4c(C)nnc43)NC(=O)CNC2=O)cc1. The monoisotopic (exact) mass is 1140 g/mol. The number of thioether (sulfide) groups is 1. The van der Waals surface area contributed by atoms with Gasteiger partial charge in [0, 0.05) is 46.3 Å². The molecule has 3 aliphatic rings. The molecule has 26 heteroatoms. The number of aliphatic hydroxyl groups excluding tert-OH is 1. The Balaban J connectivity index is 1.08. The minimum Gasteiger partial charge on any atom is -0.391 e. The van der Waals surface area contributed by atoms with E-state index in [9.17, 15) is 43.5 Å². The van der Waals surface area contributed by atoms with Gasteiger partial charge in [-0.3, -0.25) is 47.9 Å². The Bertz CT molecular complexity index is 3190. The summed E-state index contributed by atoms with van der Waals surface area (Å²) in [6, 6.07) is 6.10. The Labute approximate surface area is 466 Å². The van der Waals surface area contributed by atoms with E-state index in [4.69, 9.17) is 22.3 Å². The van der Waals surface area contributed by atoms with Gasteiger partial charge in [0.1, 0.15) is 47.1 Å². The summed E-state index contributed by atoms with van der Waals surface area (Å²) in [5, 5.41) is 36.9. The van der Waals surface area contributed by atoms with Gasteiger partial charge >= 0.3 is 0 Å². The lowest BCUT2D eigenvalue weighted by atomic mass is 9.85. The number of aliphatic hydroxyl groups is 1. The van der Waals surface area contributed by atoms with Crippen molar-refractivity contribution in [3.63, 3.8) is 0 Å². The standard InChI is InChI=1S/C52H60ClN13O9S3/c1-24-26(3)78-51-40(24)41(28-12-14-31(53)15-13-28)59-33(46-64-63-27(4)66(46)51)17-37(68)55-18-34-47(72)60-35(45(54)71)21-76-22-39(70)61-44(52(5,6)7)50(75)65-20-32(67)16-36(65)48(73)62-42(49(74)56-19-38(69)58-34)29-8-10-30(11-9-29)43-25(2)57-23-77-43/h8-15,23,32-36,42,44,67H,16-22H2,1-7H3,(H2,54,71)(H,55,68)(H,56,74)(H,58,69)(H,60,72)(H,61,70)(H,62,73)/t32-,33+,34+,35-,36+,42-,44-/m1/s1. The molecule has 3 aromatic heterocycles. The first kappa shape index (κ1) is 57.1. The van der Waals surface area contributed by atoms with Crippen molar-refractivity contribution in [2.75, 3.05) is 31.1 Å². The highest BCUT2D eigenvalue weighted by molar-refractivity contribution is 8.00. The molecular formula is C52H60ClN13O9S3. The smallest absolute Gasteiger partial charge is 0.247 e. The number of carbonyl (C=O) groups excluding carboxylic acids is 8. The van der Waals surface area contributed by atoms with E-state index in [-0.39, 0.29) is 30.9 Å². The normalized spacial score (nSPS) is 23.0. The first-order valence-electron chi connectivity index (χ1n) is 24.9. The number of carbonyl (C=O) groups is 8. The van der Waals surface area contributed by atoms with Gasteiger partial charge in [0.2, 0.25) is 47.3 Å². The highest BCUT2D eigenvalue weighted by atomic mass is 35.5. The van der Waals surface area contributed by atoms with Crippen molar-refractivity contribution in [1.29, 1.82) is 0 Å².